The second-order valence-corrected chi connectivity index (χ2v) is 4.83. The molecule has 0 fully saturated rings. The molecule has 0 spiro atoms. The molecule has 0 aliphatic heterocycles. The van der Waals surface area contributed by atoms with Crippen LogP contribution < -0.4 is 0 Å². The number of carbonyl (C=O) groups excluding carboxylic acids is 1. The van der Waals surface area contributed by atoms with Crippen LogP contribution in [0.3, 0.4) is 0 Å². The van der Waals surface area contributed by atoms with Crippen molar-refractivity contribution < 1.29 is 31.1 Å². The third-order valence-corrected chi connectivity index (χ3v) is 3.12. The maximum absolute atomic E-state index is 13.1. The van der Waals surface area contributed by atoms with Crippen molar-refractivity contribution in [1.82, 2.24) is 0 Å². The van der Waals surface area contributed by atoms with Crippen LogP contribution >= 0.6 is 11.8 Å². The predicted octanol–water partition coefficient (Wildman–Crippen LogP) is 4.01. The summed E-state index contributed by atoms with van der Waals surface area (Å²) in [5, 5.41) is -0.293. The van der Waals surface area contributed by atoms with Crippen LogP contribution in [-0.4, -0.2) is 35.6 Å². The largest absolute Gasteiger partial charge is 0.287 e. The molecule has 0 aromatic rings. The Kier molecular flexibility index (Phi) is 7.73. The van der Waals surface area contributed by atoms with Gasteiger partial charge in [0.15, 0.2) is 11.3 Å². The molecule has 8 heteroatoms. The fourth-order valence-electron chi connectivity index (χ4n) is 1.07. The van der Waals surface area contributed by atoms with E-state index >= 15 is 0 Å². The van der Waals surface area contributed by atoms with E-state index in [2.05, 4.69) is 0 Å². The lowest BCUT2D eigenvalue weighted by Gasteiger charge is -2.20. The van der Waals surface area contributed by atoms with E-state index in [0.29, 0.717) is 11.8 Å². The van der Waals surface area contributed by atoms with E-state index in [1.54, 1.807) is 6.92 Å². The van der Waals surface area contributed by atoms with E-state index in [4.69, 9.17) is 0 Å². The number of hydrogen-bond donors (Lipinski definition) is 0. The fraction of sp³-hybridized carbons (Fsp3) is 0.900. The molecule has 0 rings (SSSR count). The standard InChI is InChI=1S/C10H14F6OS/c1-2-7(17)18-4-3-10(15,16)5-6(11)8(12)9(13)14/h6,8-9H,2-5H2,1H3. The minimum atomic E-state index is -3.62. The molecule has 0 amide bonds. The first-order valence-electron chi connectivity index (χ1n) is 5.29. The molecule has 0 aromatic heterocycles. The van der Waals surface area contributed by atoms with E-state index in [0.717, 1.165) is 0 Å². The van der Waals surface area contributed by atoms with E-state index in [1.807, 2.05) is 0 Å². The van der Waals surface area contributed by atoms with Gasteiger partial charge in [0.2, 0.25) is 0 Å². The lowest BCUT2D eigenvalue weighted by atomic mass is 10.1. The molecule has 0 saturated carbocycles. The molecule has 2 unspecified atom stereocenters. The molecule has 0 bridgehead atoms. The van der Waals surface area contributed by atoms with Gasteiger partial charge in [-0.1, -0.05) is 18.7 Å². The van der Waals surface area contributed by atoms with Gasteiger partial charge < -0.3 is 0 Å². The van der Waals surface area contributed by atoms with Gasteiger partial charge in [-0.25, -0.2) is 26.3 Å². The number of alkyl halides is 6. The summed E-state index contributed by atoms with van der Waals surface area (Å²) in [7, 11) is 0. The van der Waals surface area contributed by atoms with Gasteiger partial charge in [0.05, 0.1) is 0 Å². The van der Waals surface area contributed by atoms with Crippen LogP contribution in [0.25, 0.3) is 0 Å². The van der Waals surface area contributed by atoms with Crippen molar-refractivity contribution >= 4 is 16.9 Å². The van der Waals surface area contributed by atoms with Crippen LogP contribution in [0.5, 0.6) is 0 Å². The van der Waals surface area contributed by atoms with Crippen LogP contribution in [0, 0.1) is 0 Å². The summed E-state index contributed by atoms with van der Waals surface area (Å²) < 4.78 is 74.9. The lowest BCUT2D eigenvalue weighted by molar-refractivity contribution is -0.110. The zero-order valence-electron chi connectivity index (χ0n) is 9.64. The van der Waals surface area contributed by atoms with E-state index < -0.39 is 37.5 Å². The van der Waals surface area contributed by atoms with Crippen LogP contribution in [0.4, 0.5) is 26.3 Å². The highest BCUT2D eigenvalue weighted by atomic mass is 32.2. The van der Waals surface area contributed by atoms with Crippen LogP contribution in [0.2, 0.25) is 0 Å². The smallest absolute Gasteiger partial charge is 0.272 e. The molecule has 0 heterocycles. The number of rotatable bonds is 8. The SMILES string of the molecule is CCC(=O)SCCC(F)(F)CC(F)C(F)C(F)F. The van der Waals surface area contributed by atoms with Crippen molar-refractivity contribution in [3.05, 3.63) is 0 Å². The summed E-state index contributed by atoms with van der Waals surface area (Å²) in [5.74, 6) is -3.85. The van der Waals surface area contributed by atoms with Crippen molar-refractivity contribution in [2.45, 2.75) is 50.9 Å². The average Bonchev–Trinajstić information content (AvgIpc) is 2.26. The van der Waals surface area contributed by atoms with Gasteiger partial charge in [0, 0.05) is 25.0 Å². The maximum Gasteiger partial charge on any atom is 0.272 e. The van der Waals surface area contributed by atoms with Crippen molar-refractivity contribution in [1.29, 1.82) is 0 Å². The minimum Gasteiger partial charge on any atom is -0.287 e. The Balaban J connectivity index is 4.09. The molecule has 0 saturated heterocycles. The topological polar surface area (TPSA) is 17.1 Å². The predicted molar refractivity (Wildman–Crippen MR) is 57.7 cm³/mol. The first-order chi connectivity index (χ1) is 8.19. The Hall–Kier alpha value is -0.400. The molecule has 0 radical (unpaired) electrons. The monoisotopic (exact) mass is 296 g/mol. The highest BCUT2D eigenvalue weighted by Gasteiger charge is 2.39. The summed E-state index contributed by atoms with van der Waals surface area (Å²) in [6.07, 6.45) is -12.0. The number of carbonyl (C=O) groups is 1. The van der Waals surface area contributed by atoms with Gasteiger partial charge in [-0.2, -0.15) is 0 Å². The van der Waals surface area contributed by atoms with Gasteiger partial charge in [0.25, 0.3) is 12.3 Å². The third-order valence-electron chi connectivity index (χ3n) is 2.10. The van der Waals surface area contributed by atoms with Crippen LogP contribution in [-0.2, 0) is 4.79 Å². The van der Waals surface area contributed by atoms with Gasteiger partial charge in [-0.05, 0) is 0 Å². The maximum atomic E-state index is 13.1. The van der Waals surface area contributed by atoms with Gasteiger partial charge in [0.1, 0.15) is 6.17 Å². The summed E-state index contributed by atoms with van der Waals surface area (Å²) in [6, 6.07) is 0. The van der Waals surface area contributed by atoms with Crippen molar-refractivity contribution in [3.8, 4) is 0 Å². The second-order valence-electron chi connectivity index (χ2n) is 3.68. The van der Waals surface area contributed by atoms with E-state index in [1.165, 1.54) is 0 Å². The zero-order valence-corrected chi connectivity index (χ0v) is 10.5. The van der Waals surface area contributed by atoms with Gasteiger partial charge in [-0.3, -0.25) is 4.79 Å². The first kappa shape index (κ1) is 17.6. The first-order valence-corrected chi connectivity index (χ1v) is 6.28. The fourth-order valence-corrected chi connectivity index (χ4v) is 1.91. The normalized spacial score (nSPS) is 15.8. The molecule has 0 aliphatic carbocycles. The third kappa shape index (κ3) is 7.13. The van der Waals surface area contributed by atoms with Gasteiger partial charge >= 0.3 is 0 Å². The Morgan fingerprint density at radius 1 is 1.22 bits per heavy atom. The zero-order chi connectivity index (χ0) is 14.3. The van der Waals surface area contributed by atoms with Crippen molar-refractivity contribution in [2.75, 3.05) is 5.75 Å². The lowest BCUT2D eigenvalue weighted by Crippen LogP contribution is -2.32. The Labute approximate surface area is 105 Å². The Morgan fingerprint density at radius 3 is 2.22 bits per heavy atom. The Bertz CT molecular complexity index is 261. The summed E-state index contributed by atoms with van der Waals surface area (Å²) in [4.78, 5) is 10.8. The van der Waals surface area contributed by atoms with Crippen LogP contribution in [0.15, 0.2) is 0 Å². The number of thioether (sulfide) groups is 1. The van der Waals surface area contributed by atoms with Crippen LogP contribution in [0.1, 0.15) is 26.2 Å². The van der Waals surface area contributed by atoms with Crippen molar-refractivity contribution in [3.63, 3.8) is 0 Å². The van der Waals surface area contributed by atoms with E-state index in [9.17, 15) is 31.1 Å². The second kappa shape index (κ2) is 7.91. The highest BCUT2D eigenvalue weighted by Crippen LogP contribution is 2.30. The van der Waals surface area contributed by atoms with Gasteiger partial charge in [-0.15, -0.1) is 0 Å². The quantitative estimate of drug-likeness (QED) is 0.629. The molecule has 2 atom stereocenters. The minimum absolute atomic E-state index is 0.180. The molecule has 0 N–H and O–H groups in total. The molecular weight excluding hydrogens is 282 g/mol. The number of halogens is 6. The Morgan fingerprint density at radius 2 is 1.78 bits per heavy atom. The van der Waals surface area contributed by atoms with E-state index in [-0.39, 0.29) is 17.3 Å². The number of hydrogen-bond acceptors (Lipinski definition) is 2. The van der Waals surface area contributed by atoms with Crippen molar-refractivity contribution in [2.24, 2.45) is 0 Å². The molecule has 0 aromatic carbocycles. The molecule has 0 aliphatic rings. The molecular formula is C10H14F6OS. The summed E-state index contributed by atoms with van der Waals surface area (Å²) in [6.45, 7) is 1.56. The molecule has 108 valence electrons. The summed E-state index contributed by atoms with van der Waals surface area (Å²) in [5.41, 5.74) is 0. The molecule has 1 nitrogen and oxygen atoms in total. The summed E-state index contributed by atoms with van der Waals surface area (Å²) >= 11 is 0.662. The highest BCUT2D eigenvalue weighted by molar-refractivity contribution is 8.13. The molecule has 18 heavy (non-hydrogen) atoms. The average molecular weight is 296 g/mol.